The monoisotopic (exact) mass is 479 g/mol. The van der Waals surface area contributed by atoms with E-state index in [4.69, 9.17) is 22.1 Å². The van der Waals surface area contributed by atoms with Crippen LogP contribution < -0.4 is 10.5 Å². The normalized spacial score (nSPS) is 11.2. The molecule has 0 aliphatic heterocycles. The number of imidazole rings is 1. The number of ether oxygens (including phenoxy) is 1. The van der Waals surface area contributed by atoms with Crippen molar-refractivity contribution in [3.05, 3.63) is 83.2 Å². The number of hydrogen-bond acceptors (Lipinski definition) is 7. The molecular weight excluding hydrogens is 464 g/mol. The number of halogens is 3. The van der Waals surface area contributed by atoms with Crippen LogP contribution in [-0.4, -0.2) is 36.7 Å². The van der Waals surface area contributed by atoms with Crippen LogP contribution >= 0.6 is 11.6 Å². The minimum Gasteiger partial charge on any atom is -0.496 e. The first-order valence-corrected chi connectivity index (χ1v) is 10.4. The SMILES string of the molecule is COc1ccncc1-c1cnc(-c2nc(Cc3c(F)ccc(F)c3Cl)n3ncccc23)nc1N. The van der Waals surface area contributed by atoms with Crippen molar-refractivity contribution in [2.24, 2.45) is 0 Å². The maximum atomic E-state index is 14.4. The van der Waals surface area contributed by atoms with Crippen molar-refractivity contribution in [1.29, 1.82) is 0 Å². The molecule has 0 radical (unpaired) electrons. The molecule has 5 aromatic rings. The third kappa shape index (κ3) is 3.67. The van der Waals surface area contributed by atoms with Crippen LogP contribution in [0.4, 0.5) is 14.6 Å². The Hall–Kier alpha value is -4.18. The Labute approximate surface area is 197 Å². The number of benzene rings is 1. The maximum absolute atomic E-state index is 14.4. The second-order valence-electron chi connectivity index (χ2n) is 7.26. The quantitative estimate of drug-likeness (QED) is 0.373. The highest BCUT2D eigenvalue weighted by molar-refractivity contribution is 6.31. The van der Waals surface area contributed by atoms with Crippen molar-refractivity contribution in [1.82, 2.24) is 29.5 Å². The fourth-order valence-electron chi connectivity index (χ4n) is 3.64. The van der Waals surface area contributed by atoms with Gasteiger partial charge >= 0.3 is 0 Å². The van der Waals surface area contributed by atoms with Crippen molar-refractivity contribution in [2.45, 2.75) is 6.42 Å². The van der Waals surface area contributed by atoms with Crippen LogP contribution in [0.15, 0.2) is 55.1 Å². The Balaban J connectivity index is 1.61. The number of rotatable bonds is 5. The van der Waals surface area contributed by atoms with Gasteiger partial charge in [-0.25, -0.2) is 28.2 Å². The number of anilines is 1. The fraction of sp³-hybridized carbons (Fsp3) is 0.0870. The van der Waals surface area contributed by atoms with E-state index in [9.17, 15) is 8.78 Å². The van der Waals surface area contributed by atoms with Gasteiger partial charge in [0.25, 0.3) is 0 Å². The summed E-state index contributed by atoms with van der Waals surface area (Å²) in [5, 5.41) is 4.00. The number of aromatic nitrogens is 6. The zero-order valence-electron chi connectivity index (χ0n) is 17.7. The number of nitrogen functional groups attached to an aromatic ring is 1. The number of fused-ring (bicyclic) bond motifs is 1. The molecule has 0 aliphatic rings. The number of pyridine rings is 1. The van der Waals surface area contributed by atoms with E-state index < -0.39 is 11.6 Å². The molecule has 0 spiro atoms. The lowest BCUT2D eigenvalue weighted by Crippen LogP contribution is -2.02. The van der Waals surface area contributed by atoms with E-state index >= 15 is 0 Å². The highest BCUT2D eigenvalue weighted by atomic mass is 35.5. The molecule has 1 aromatic carbocycles. The van der Waals surface area contributed by atoms with Gasteiger partial charge in [0.1, 0.15) is 34.7 Å². The second-order valence-corrected chi connectivity index (χ2v) is 7.64. The minimum absolute atomic E-state index is 0.0229. The van der Waals surface area contributed by atoms with Crippen LogP contribution in [-0.2, 0) is 6.42 Å². The molecule has 34 heavy (non-hydrogen) atoms. The molecule has 5 rings (SSSR count). The lowest BCUT2D eigenvalue weighted by molar-refractivity contribution is 0.416. The predicted octanol–water partition coefficient (Wildman–Crippen LogP) is 4.36. The molecular formula is C23H16ClF2N7O. The minimum atomic E-state index is -0.718. The van der Waals surface area contributed by atoms with Gasteiger partial charge < -0.3 is 10.5 Å². The Morgan fingerprint density at radius 2 is 1.85 bits per heavy atom. The molecule has 4 heterocycles. The average molecular weight is 480 g/mol. The lowest BCUT2D eigenvalue weighted by Gasteiger charge is -2.09. The van der Waals surface area contributed by atoms with Gasteiger partial charge in [-0.3, -0.25) is 4.98 Å². The first kappa shape index (κ1) is 21.7. The molecule has 0 saturated heterocycles. The molecule has 0 saturated carbocycles. The van der Waals surface area contributed by atoms with Gasteiger partial charge in [0, 0.05) is 47.9 Å². The van der Waals surface area contributed by atoms with Crippen LogP contribution in [0.2, 0.25) is 5.02 Å². The third-order valence-electron chi connectivity index (χ3n) is 5.27. The van der Waals surface area contributed by atoms with E-state index in [0.29, 0.717) is 33.9 Å². The maximum Gasteiger partial charge on any atom is 0.182 e. The summed E-state index contributed by atoms with van der Waals surface area (Å²) in [6.07, 6.45) is 6.23. The molecule has 0 fully saturated rings. The van der Waals surface area contributed by atoms with Gasteiger partial charge in [-0.1, -0.05) is 11.6 Å². The highest BCUT2D eigenvalue weighted by Crippen LogP contribution is 2.33. The summed E-state index contributed by atoms with van der Waals surface area (Å²) in [5.41, 5.74) is 8.36. The number of methoxy groups -OCH3 is 1. The van der Waals surface area contributed by atoms with Crippen molar-refractivity contribution in [2.75, 3.05) is 12.8 Å². The largest absolute Gasteiger partial charge is 0.496 e. The van der Waals surface area contributed by atoms with Crippen molar-refractivity contribution in [3.8, 4) is 28.4 Å². The Bertz CT molecular complexity index is 1540. The summed E-state index contributed by atoms with van der Waals surface area (Å²) in [7, 11) is 1.55. The van der Waals surface area contributed by atoms with E-state index in [1.807, 2.05) is 0 Å². The van der Waals surface area contributed by atoms with Gasteiger partial charge in [0.15, 0.2) is 5.82 Å². The molecule has 0 aliphatic carbocycles. The second kappa shape index (κ2) is 8.64. The fourth-order valence-corrected chi connectivity index (χ4v) is 3.86. The van der Waals surface area contributed by atoms with Crippen LogP contribution in [0.1, 0.15) is 11.4 Å². The molecule has 0 unspecified atom stereocenters. The summed E-state index contributed by atoms with van der Waals surface area (Å²) >= 11 is 6.02. The molecule has 8 nitrogen and oxygen atoms in total. The average Bonchev–Trinajstić information content (AvgIpc) is 3.22. The zero-order valence-corrected chi connectivity index (χ0v) is 18.5. The summed E-state index contributed by atoms with van der Waals surface area (Å²) in [5.74, 6) is -0.0162. The Kier molecular flexibility index (Phi) is 5.50. The van der Waals surface area contributed by atoms with Crippen LogP contribution in [0.3, 0.4) is 0 Å². The van der Waals surface area contributed by atoms with Crippen molar-refractivity contribution >= 4 is 22.9 Å². The summed E-state index contributed by atoms with van der Waals surface area (Å²) in [6.45, 7) is 0. The first-order chi connectivity index (χ1) is 16.5. The zero-order chi connectivity index (χ0) is 23.8. The molecule has 0 bridgehead atoms. The molecule has 0 atom stereocenters. The van der Waals surface area contributed by atoms with E-state index in [2.05, 4.69) is 25.0 Å². The van der Waals surface area contributed by atoms with Crippen molar-refractivity contribution in [3.63, 3.8) is 0 Å². The van der Waals surface area contributed by atoms with Gasteiger partial charge in [0.2, 0.25) is 0 Å². The highest BCUT2D eigenvalue weighted by Gasteiger charge is 2.21. The number of hydrogen-bond donors (Lipinski definition) is 1. The van der Waals surface area contributed by atoms with E-state index in [0.717, 1.165) is 12.1 Å². The standard InChI is InChI=1S/C23H16ClF2N7O/c1-34-18-6-8-28-10-13(18)14-11-29-23(32-22(14)27)21-17-3-2-7-30-33(17)19(31-21)9-12-15(25)4-5-16(26)20(12)24/h2-8,10-11H,9H2,1H3,(H2,27,29,32). The van der Waals surface area contributed by atoms with E-state index in [1.54, 1.807) is 50.1 Å². The topological polar surface area (TPSA) is 104 Å². The molecule has 0 amide bonds. The summed E-state index contributed by atoms with van der Waals surface area (Å²) in [6, 6.07) is 7.19. The molecule has 170 valence electrons. The lowest BCUT2D eigenvalue weighted by atomic mass is 10.1. The molecule has 4 aromatic heterocycles. The molecule has 11 heteroatoms. The predicted molar refractivity (Wildman–Crippen MR) is 122 cm³/mol. The Morgan fingerprint density at radius 3 is 2.65 bits per heavy atom. The van der Waals surface area contributed by atoms with Gasteiger partial charge in [-0.05, 0) is 30.3 Å². The first-order valence-electron chi connectivity index (χ1n) is 10.0. The summed E-state index contributed by atoms with van der Waals surface area (Å²) in [4.78, 5) is 17.6. The van der Waals surface area contributed by atoms with E-state index in [-0.39, 0.29) is 28.6 Å². The van der Waals surface area contributed by atoms with Gasteiger partial charge in [0.05, 0.1) is 17.6 Å². The Morgan fingerprint density at radius 1 is 1.03 bits per heavy atom. The number of nitrogens with zero attached hydrogens (tertiary/aromatic N) is 6. The van der Waals surface area contributed by atoms with E-state index in [1.165, 1.54) is 4.52 Å². The van der Waals surface area contributed by atoms with Crippen LogP contribution in [0, 0.1) is 11.6 Å². The van der Waals surface area contributed by atoms with Gasteiger partial charge in [-0.15, -0.1) is 0 Å². The third-order valence-corrected chi connectivity index (χ3v) is 5.68. The summed E-state index contributed by atoms with van der Waals surface area (Å²) < 4.78 is 35.2. The van der Waals surface area contributed by atoms with Crippen LogP contribution in [0.25, 0.3) is 28.2 Å². The van der Waals surface area contributed by atoms with Gasteiger partial charge in [-0.2, -0.15) is 5.10 Å². The van der Waals surface area contributed by atoms with Crippen molar-refractivity contribution < 1.29 is 13.5 Å². The smallest absolute Gasteiger partial charge is 0.182 e. The van der Waals surface area contributed by atoms with Crippen LogP contribution in [0.5, 0.6) is 5.75 Å². The molecule has 2 N–H and O–H groups in total. The number of nitrogens with two attached hydrogens (primary N) is 1.